The fraction of sp³-hybridized carbons (Fsp3) is 0.682. The van der Waals surface area contributed by atoms with Gasteiger partial charge in [-0.2, -0.15) is 0 Å². The second-order valence-corrected chi connectivity index (χ2v) is 23.3. The van der Waals surface area contributed by atoms with Gasteiger partial charge in [0.25, 0.3) is 0 Å². The topological polar surface area (TPSA) is 27.7 Å². The Balaban J connectivity index is 2.53. The maximum Gasteiger partial charge on any atom is 0.244 e. The molecular weight excluding hydrogens is 396 g/mol. The number of benzene rings is 1. The van der Waals surface area contributed by atoms with Crippen LogP contribution in [0.5, 0.6) is 5.75 Å². The third-order valence-corrected chi connectivity index (χ3v) is 14.0. The summed E-state index contributed by atoms with van der Waals surface area (Å²) in [5.74, 6) is 1.06. The van der Waals surface area contributed by atoms with E-state index in [-0.39, 0.29) is 18.1 Å². The van der Waals surface area contributed by atoms with Crippen molar-refractivity contribution in [3.8, 4) is 5.75 Å². The van der Waals surface area contributed by atoms with Crippen molar-refractivity contribution in [1.82, 2.24) is 0 Å². The summed E-state index contributed by atoms with van der Waals surface area (Å²) in [5.41, 5.74) is 2.44. The van der Waals surface area contributed by atoms with Gasteiger partial charge in [-0.15, -0.1) is 0 Å². The van der Waals surface area contributed by atoms with E-state index in [1.807, 2.05) is 0 Å². The van der Waals surface area contributed by atoms with Gasteiger partial charge < -0.3 is 13.3 Å². The Morgan fingerprint density at radius 2 is 1.29 bits per heavy atom. The number of fused-ring (bicyclic) bond motifs is 1. The lowest BCUT2D eigenvalue weighted by atomic mass is 10.0. The standard InChI is InChI=1S/C22H41O3Si3/c1-11-26(5,6)23-19-16-14-15-18-20(19)22(25-28(9,10)13-3)17(4)21(18)24-27(7,8)12-2/h14-17,21-22H,4,11-13H2,1-3,5-10H3. The summed E-state index contributed by atoms with van der Waals surface area (Å²) in [6.45, 7) is 25.0. The van der Waals surface area contributed by atoms with Gasteiger partial charge in [0.1, 0.15) is 5.75 Å². The van der Waals surface area contributed by atoms with Gasteiger partial charge in [-0.25, -0.2) is 0 Å². The zero-order valence-corrected chi connectivity index (χ0v) is 22.5. The fourth-order valence-electron chi connectivity index (χ4n) is 3.33. The molecule has 0 bridgehead atoms. The third-order valence-electron chi connectivity index (χ3n) is 6.30. The molecule has 1 aromatic carbocycles. The number of hydrogen-bond acceptors (Lipinski definition) is 3. The molecule has 3 unspecified atom stereocenters. The molecule has 3 nitrogen and oxygen atoms in total. The van der Waals surface area contributed by atoms with Crippen LogP contribution in [0.25, 0.3) is 0 Å². The molecule has 0 amide bonds. The molecule has 0 spiro atoms. The first-order valence-corrected chi connectivity index (χ1v) is 20.2. The van der Waals surface area contributed by atoms with Crippen molar-refractivity contribution in [3.63, 3.8) is 0 Å². The molecule has 0 aliphatic heterocycles. The lowest BCUT2D eigenvalue weighted by Gasteiger charge is -2.33. The first kappa shape index (κ1) is 23.9. The highest BCUT2D eigenvalue weighted by Gasteiger charge is 2.46. The molecule has 159 valence electrons. The highest BCUT2D eigenvalue weighted by Crippen LogP contribution is 2.53. The molecule has 1 aromatic rings. The molecule has 1 radical (unpaired) electrons. The molecule has 1 aliphatic carbocycles. The minimum atomic E-state index is -1.77. The van der Waals surface area contributed by atoms with E-state index in [2.05, 4.69) is 85.2 Å². The van der Waals surface area contributed by atoms with Crippen LogP contribution < -0.4 is 4.43 Å². The molecule has 0 N–H and O–H groups in total. The van der Waals surface area contributed by atoms with Gasteiger partial charge in [0, 0.05) is 11.5 Å². The van der Waals surface area contributed by atoms with Crippen LogP contribution in [-0.2, 0) is 8.85 Å². The summed E-state index contributed by atoms with van der Waals surface area (Å²) in [6, 6.07) is 9.71. The zero-order valence-electron chi connectivity index (χ0n) is 19.5. The second kappa shape index (κ2) is 8.76. The van der Waals surface area contributed by atoms with Gasteiger partial charge in [-0.3, -0.25) is 0 Å². The maximum absolute atomic E-state index is 6.80. The van der Waals surface area contributed by atoms with Gasteiger partial charge in [0.15, 0.2) is 16.6 Å². The summed E-state index contributed by atoms with van der Waals surface area (Å²) in [6.07, 6.45) is -0.0423. The normalized spacial score (nSPS) is 23.0. The monoisotopic (exact) mass is 437 g/mol. The van der Waals surface area contributed by atoms with Crippen LogP contribution >= 0.6 is 0 Å². The molecule has 2 rings (SSSR count). The van der Waals surface area contributed by atoms with E-state index in [9.17, 15) is 0 Å². The van der Waals surface area contributed by atoms with Gasteiger partial charge in [0.05, 0.1) is 12.2 Å². The highest BCUT2D eigenvalue weighted by atomic mass is 28.4. The quantitative estimate of drug-likeness (QED) is 0.379. The SMILES string of the molecule is [CH2]C1C(O[Si](C)(C)CC)c2cccc(O[Si](C)(C)CC)c2C1O[Si](C)(C)CC. The van der Waals surface area contributed by atoms with E-state index >= 15 is 0 Å². The van der Waals surface area contributed by atoms with Crippen molar-refractivity contribution in [2.24, 2.45) is 5.92 Å². The van der Waals surface area contributed by atoms with Gasteiger partial charge in [-0.05, 0) is 76.0 Å². The maximum atomic E-state index is 6.80. The molecule has 0 fully saturated rings. The van der Waals surface area contributed by atoms with Crippen molar-refractivity contribution in [1.29, 1.82) is 0 Å². The molecule has 0 saturated carbocycles. The fourth-order valence-corrected chi connectivity index (χ4v) is 6.55. The highest BCUT2D eigenvalue weighted by molar-refractivity contribution is 6.72. The molecule has 0 aromatic heterocycles. The Labute approximate surface area is 176 Å². The lowest BCUT2D eigenvalue weighted by molar-refractivity contribution is 0.0780. The summed E-state index contributed by atoms with van der Waals surface area (Å²) in [5, 5.41) is 0. The Morgan fingerprint density at radius 1 is 0.786 bits per heavy atom. The minimum Gasteiger partial charge on any atom is -0.544 e. The van der Waals surface area contributed by atoms with Crippen molar-refractivity contribution in [2.45, 2.75) is 90.4 Å². The first-order chi connectivity index (χ1) is 12.9. The number of rotatable bonds is 9. The molecule has 0 heterocycles. The van der Waals surface area contributed by atoms with Crippen molar-refractivity contribution < 1.29 is 13.3 Å². The Kier molecular flexibility index (Phi) is 7.46. The van der Waals surface area contributed by atoms with Crippen LogP contribution in [0.3, 0.4) is 0 Å². The van der Waals surface area contributed by atoms with Crippen LogP contribution in [0.15, 0.2) is 18.2 Å². The molecule has 0 saturated heterocycles. The predicted octanol–water partition coefficient (Wildman–Crippen LogP) is 7.32. The van der Waals surface area contributed by atoms with Crippen LogP contribution in [0.1, 0.15) is 44.1 Å². The van der Waals surface area contributed by atoms with E-state index in [0.717, 1.165) is 23.9 Å². The third kappa shape index (κ3) is 5.39. The Hall–Kier alpha value is -0.409. The summed E-state index contributed by atoms with van der Waals surface area (Å²) < 4.78 is 20.2. The van der Waals surface area contributed by atoms with E-state index in [4.69, 9.17) is 13.3 Å². The molecule has 1 aliphatic rings. The van der Waals surface area contributed by atoms with Gasteiger partial charge in [0.2, 0.25) is 8.32 Å². The minimum absolute atomic E-state index is 0.00164. The van der Waals surface area contributed by atoms with Crippen molar-refractivity contribution in [3.05, 3.63) is 36.2 Å². The van der Waals surface area contributed by atoms with E-state index in [1.54, 1.807) is 0 Å². The zero-order chi connectivity index (χ0) is 21.3. The van der Waals surface area contributed by atoms with Gasteiger partial charge in [-0.1, -0.05) is 32.9 Å². The van der Waals surface area contributed by atoms with Crippen molar-refractivity contribution >= 4 is 25.0 Å². The van der Waals surface area contributed by atoms with Crippen LogP contribution in [0.4, 0.5) is 0 Å². The molecule has 6 heteroatoms. The molecule has 3 atom stereocenters. The molecule has 28 heavy (non-hydrogen) atoms. The van der Waals surface area contributed by atoms with E-state index in [1.165, 1.54) is 11.1 Å². The summed E-state index contributed by atoms with van der Waals surface area (Å²) >= 11 is 0. The smallest absolute Gasteiger partial charge is 0.244 e. The number of hydrogen-bond donors (Lipinski definition) is 0. The van der Waals surface area contributed by atoms with Crippen LogP contribution in [-0.4, -0.2) is 25.0 Å². The Bertz CT molecular complexity index is 673. The lowest BCUT2D eigenvalue weighted by Crippen LogP contribution is -2.35. The van der Waals surface area contributed by atoms with Gasteiger partial charge >= 0.3 is 0 Å². The van der Waals surface area contributed by atoms with Crippen LogP contribution in [0, 0.1) is 12.8 Å². The average Bonchev–Trinajstić information content (AvgIpc) is 2.87. The average molecular weight is 438 g/mol. The second-order valence-electron chi connectivity index (χ2n) is 9.94. The Morgan fingerprint density at radius 3 is 1.79 bits per heavy atom. The first-order valence-electron chi connectivity index (χ1n) is 10.9. The predicted molar refractivity (Wildman–Crippen MR) is 127 cm³/mol. The summed E-state index contributed by atoms with van der Waals surface area (Å²) in [4.78, 5) is 0. The largest absolute Gasteiger partial charge is 0.544 e. The van der Waals surface area contributed by atoms with Crippen molar-refractivity contribution in [2.75, 3.05) is 0 Å². The van der Waals surface area contributed by atoms with E-state index in [0.29, 0.717) is 0 Å². The molecular formula is C22H41O3Si3. The van der Waals surface area contributed by atoms with Crippen LogP contribution in [0.2, 0.25) is 57.4 Å². The van der Waals surface area contributed by atoms with E-state index < -0.39 is 25.0 Å². The summed E-state index contributed by atoms with van der Waals surface area (Å²) in [7, 11) is -5.26.